The monoisotopic (exact) mass is 286 g/mol. The van der Waals surface area contributed by atoms with Gasteiger partial charge in [-0.1, -0.05) is 12.1 Å². The number of rotatable bonds is 8. The highest BCUT2D eigenvalue weighted by atomic mass is 15.1. The summed E-state index contributed by atoms with van der Waals surface area (Å²) in [5.74, 6) is 0. The van der Waals surface area contributed by atoms with Crippen LogP contribution < -0.4 is 9.97 Å². The van der Waals surface area contributed by atoms with Gasteiger partial charge in [0.1, 0.15) is 0 Å². The highest BCUT2D eigenvalue weighted by Gasteiger charge is 2.07. The number of nitrogens with one attached hydrogen (secondary N) is 2. The molecule has 0 fully saturated rings. The quantitative estimate of drug-likeness (QED) is 0.732. The summed E-state index contributed by atoms with van der Waals surface area (Å²) >= 11 is 0. The summed E-state index contributed by atoms with van der Waals surface area (Å²) in [4.78, 5) is 11.3. The highest BCUT2D eigenvalue weighted by molar-refractivity contribution is 4.97. The lowest BCUT2D eigenvalue weighted by Gasteiger charge is -2.18. The van der Waals surface area contributed by atoms with Crippen LogP contribution in [0, 0.1) is 0 Å². The molecule has 0 aliphatic rings. The number of pyridine rings is 2. The van der Waals surface area contributed by atoms with Crippen LogP contribution in [0.1, 0.15) is 17.8 Å². The predicted molar refractivity (Wildman–Crippen MR) is 83.3 cm³/mol. The SMILES string of the molecule is CN(CCCN(C)Cc1cccc[nH+]1)Cc1cccc[nH+]1. The molecule has 0 saturated heterocycles. The smallest absolute Gasteiger partial charge is 0.193 e. The van der Waals surface area contributed by atoms with Crippen molar-refractivity contribution in [3.8, 4) is 0 Å². The van der Waals surface area contributed by atoms with E-state index in [9.17, 15) is 0 Å². The zero-order chi connectivity index (χ0) is 14.9. The van der Waals surface area contributed by atoms with Gasteiger partial charge < -0.3 is 0 Å². The van der Waals surface area contributed by atoms with E-state index in [0.717, 1.165) is 26.2 Å². The van der Waals surface area contributed by atoms with Gasteiger partial charge in [0.05, 0.1) is 13.1 Å². The molecule has 2 aromatic rings. The Morgan fingerprint density at radius 2 is 1.24 bits per heavy atom. The second-order valence-electron chi connectivity index (χ2n) is 5.60. The lowest BCUT2D eigenvalue weighted by Crippen LogP contribution is -2.28. The van der Waals surface area contributed by atoms with Crippen molar-refractivity contribution in [3.05, 3.63) is 60.2 Å². The van der Waals surface area contributed by atoms with Crippen molar-refractivity contribution in [2.24, 2.45) is 0 Å². The molecule has 0 spiro atoms. The minimum absolute atomic E-state index is 0.969. The maximum absolute atomic E-state index is 3.27. The van der Waals surface area contributed by atoms with Gasteiger partial charge in [-0.2, -0.15) is 0 Å². The van der Waals surface area contributed by atoms with E-state index in [1.807, 2.05) is 24.5 Å². The van der Waals surface area contributed by atoms with Crippen LogP contribution in [0.5, 0.6) is 0 Å². The Kier molecular flexibility index (Phi) is 6.31. The van der Waals surface area contributed by atoms with Gasteiger partial charge in [-0.05, 0) is 33.6 Å². The molecular weight excluding hydrogens is 260 g/mol. The molecule has 0 bridgehead atoms. The standard InChI is InChI=1S/C17H24N4/c1-20(14-16-8-3-5-10-18-16)12-7-13-21(2)15-17-9-4-6-11-19-17/h3-6,8-11H,7,12-15H2,1-2H3/p+2. The number of H-pyrrole nitrogens is 2. The molecule has 0 aliphatic heterocycles. The van der Waals surface area contributed by atoms with Crippen molar-refractivity contribution in [2.75, 3.05) is 27.2 Å². The fraction of sp³-hybridized carbons (Fsp3) is 0.412. The molecule has 0 unspecified atom stereocenters. The van der Waals surface area contributed by atoms with Crippen molar-refractivity contribution < 1.29 is 9.97 Å². The summed E-state index contributed by atoms with van der Waals surface area (Å²) < 4.78 is 0. The van der Waals surface area contributed by atoms with E-state index in [1.165, 1.54) is 17.8 Å². The number of hydrogen-bond donors (Lipinski definition) is 0. The van der Waals surface area contributed by atoms with E-state index in [1.54, 1.807) is 0 Å². The van der Waals surface area contributed by atoms with Crippen LogP contribution in [0.15, 0.2) is 48.8 Å². The summed E-state index contributed by atoms with van der Waals surface area (Å²) in [5, 5.41) is 0. The average molecular weight is 286 g/mol. The third kappa shape index (κ3) is 6.02. The fourth-order valence-corrected chi connectivity index (χ4v) is 2.41. The van der Waals surface area contributed by atoms with Crippen molar-refractivity contribution in [1.29, 1.82) is 0 Å². The van der Waals surface area contributed by atoms with Crippen molar-refractivity contribution in [2.45, 2.75) is 19.5 Å². The topological polar surface area (TPSA) is 34.8 Å². The Morgan fingerprint density at radius 1 is 0.762 bits per heavy atom. The first-order valence-electron chi connectivity index (χ1n) is 7.52. The van der Waals surface area contributed by atoms with Gasteiger partial charge in [-0.25, -0.2) is 9.97 Å². The third-order valence-electron chi connectivity index (χ3n) is 3.51. The molecule has 4 heteroatoms. The maximum atomic E-state index is 3.27. The van der Waals surface area contributed by atoms with Crippen LogP contribution in [0.2, 0.25) is 0 Å². The molecule has 4 nitrogen and oxygen atoms in total. The summed E-state index contributed by atoms with van der Waals surface area (Å²) in [5.41, 5.74) is 2.51. The molecular formula is C17H26N4+2. The van der Waals surface area contributed by atoms with Gasteiger partial charge in [0.2, 0.25) is 0 Å². The predicted octanol–water partition coefficient (Wildman–Crippen LogP) is 1.27. The number of nitrogens with zero attached hydrogens (tertiary/aromatic N) is 2. The van der Waals surface area contributed by atoms with E-state index in [0.29, 0.717) is 0 Å². The van der Waals surface area contributed by atoms with Gasteiger partial charge in [-0.3, -0.25) is 9.80 Å². The zero-order valence-corrected chi connectivity index (χ0v) is 13.0. The van der Waals surface area contributed by atoms with E-state index >= 15 is 0 Å². The summed E-state index contributed by atoms with van der Waals surface area (Å²) in [6, 6.07) is 12.4. The van der Waals surface area contributed by atoms with Gasteiger partial charge in [0.25, 0.3) is 0 Å². The molecule has 0 amide bonds. The lowest BCUT2D eigenvalue weighted by atomic mass is 10.3. The fourth-order valence-electron chi connectivity index (χ4n) is 2.41. The second-order valence-corrected chi connectivity index (χ2v) is 5.60. The first-order chi connectivity index (χ1) is 10.2. The zero-order valence-electron chi connectivity index (χ0n) is 13.0. The minimum atomic E-state index is 0.969. The Labute approximate surface area is 127 Å². The molecule has 2 rings (SSSR count). The molecule has 0 atom stereocenters. The molecule has 0 aliphatic carbocycles. The van der Waals surface area contributed by atoms with E-state index in [2.05, 4.69) is 58.1 Å². The van der Waals surface area contributed by atoms with Crippen LogP contribution in [0.25, 0.3) is 0 Å². The normalized spacial score (nSPS) is 11.2. The van der Waals surface area contributed by atoms with Crippen molar-refractivity contribution in [3.63, 3.8) is 0 Å². The third-order valence-corrected chi connectivity index (χ3v) is 3.51. The molecule has 0 aromatic carbocycles. The largest absolute Gasteiger partial charge is 0.297 e. The summed E-state index contributed by atoms with van der Waals surface area (Å²) in [7, 11) is 4.34. The molecule has 21 heavy (non-hydrogen) atoms. The number of aromatic amines is 2. The van der Waals surface area contributed by atoms with E-state index < -0.39 is 0 Å². The van der Waals surface area contributed by atoms with Gasteiger partial charge in [0, 0.05) is 24.3 Å². The number of hydrogen-bond acceptors (Lipinski definition) is 2. The molecule has 2 heterocycles. The Morgan fingerprint density at radius 3 is 1.62 bits per heavy atom. The van der Waals surface area contributed by atoms with Crippen LogP contribution >= 0.6 is 0 Å². The molecule has 112 valence electrons. The molecule has 2 aromatic heterocycles. The minimum Gasteiger partial charge on any atom is -0.297 e. The van der Waals surface area contributed by atoms with Gasteiger partial charge in [-0.15, -0.1) is 0 Å². The van der Waals surface area contributed by atoms with Crippen molar-refractivity contribution in [1.82, 2.24) is 9.80 Å². The maximum Gasteiger partial charge on any atom is 0.193 e. The highest BCUT2D eigenvalue weighted by Crippen LogP contribution is 2.00. The van der Waals surface area contributed by atoms with E-state index in [-0.39, 0.29) is 0 Å². The van der Waals surface area contributed by atoms with Gasteiger partial charge in [0.15, 0.2) is 23.8 Å². The Balaban J connectivity index is 1.64. The Bertz CT molecular complexity index is 453. The first kappa shape index (κ1) is 15.6. The van der Waals surface area contributed by atoms with Crippen LogP contribution in [0.4, 0.5) is 0 Å². The Hall–Kier alpha value is -1.78. The second kappa shape index (κ2) is 8.49. The summed E-state index contributed by atoms with van der Waals surface area (Å²) in [6.07, 6.45) is 5.13. The van der Waals surface area contributed by atoms with Gasteiger partial charge >= 0.3 is 0 Å². The van der Waals surface area contributed by atoms with Crippen molar-refractivity contribution >= 4 is 0 Å². The first-order valence-corrected chi connectivity index (χ1v) is 7.52. The van der Waals surface area contributed by atoms with E-state index in [4.69, 9.17) is 0 Å². The van der Waals surface area contributed by atoms with Crippen LogP contribution in [-0.2, 0) is 13.1 Å². The van der Waals surface area contributed by atoms with Crippen LogP contribution in [-0.4, -0.2) is 37.0 Å². The molecule has 0 radical (unpaired) electrons. The molecule has 0 saturated carbocycles. The number of aromatic nitrogens is 2. The summed E-state index contributed by atoms with van der Waals surface area (Å²) in [6.45, 7) is 4.14. The lowest BCUT2D eigenvalue weighted by molar-refractivity contribution is -0.393. The molecule has 2 N–H and O–H groups in total. The van der Waals surface area contributed by atoms with Crippen LogP contribution in [0.3, 0.4) is 0 Å². The average Bonchev–Trinajstić information content (AvgIpc) is 2.49.